The molecule has 3 rings (SSSR count). The van der Waals surface area contributed by atoms with Gasteiger partial charge in [0.15, 0.2) is 0 Å². The molecule has 3 heterocycles. The number of aromatic nitrogens is 4. The van der Waals surface area contributed by atoms with E-state index in [-0.39, 0.29) is 11.8 Å². The third-order valence-electron chi connectivity index (χ3n) is 4.48. The Hall–Kier alpha value is -1.99. The molecule has 1 aliphatic heterocycles. The molecule has 1 saturated heterocycles. The van der Waals surface area contributed by atoms with Crippen molar-refractivity contribution in [2.45, 2.75) is 25.3 Å². The summed E-state index contributed by atoms with van der Waals surface area (Å²) in [5.41, 5.74) is 0.427. The highest BCUT2D eigenvalue weighted by Gasteiger charge is 2.29. The van der Waals surface area contributed by atoms with E-state index in [0.717, 1.165) is 37.6 Å². The predicted octanol–water partition coefficient (Wildman–Crippen LogP) is 1.94. The molecule has 0 saturated carbocycles. The zero-order chi connectivity index (χ0) is 18.0. The number of hydrogen-bond donors (Lipinski definition) is 0. The SMILES string of the molecule is CN(C)Cc1nnc([C@H]2CCCN(C(=O)c3ccc(Cl)cn3)C2)n1C. The van der Waals surface area contributed by atoms with Gasteiger partial charge in [-0.15, -0.1) is 10.2 Å². The van der Waals surface area contributed by atoms with Gasteiger partial charge in [0.05, 0.1) is 11.6 Å². The molecule has 1 amide bonds. The molecule has 1 aliphatic rings. The van der Waals surface area contributed by atoms with Crippen LogP contribution in [0.1, 0.15) is 40.9 Å². The van der Waals surface area contributed by atoms with Gasteiger partial charge < -0.3 is 14.4 Å². The first-order valence-corrected chi connectivity index (χ1v) is 8.77. The van der Waals surface area contributed by atoms with Crippen molar-refractivity contribution < 1.29 is 4.79 Å². The van der Waals surface area contributed by atoms with E-state index in [1.807, 2.05) is 26.0 Å². The van der Waals surface area contributed by atoms with E-state index in [0.29, 0.717) is 17.3 Å². The molecule has 0 unspecified atom stereocenters. The highest BCUT2D eigenvalue weighted by Crippen LogP contribution is 2.26. The Morgan fingerprint density at radius 1 is 1.36 bits per heavy atom. The van der Waals surface area contributed by atoms with Gasteiger partial charge in [0.25, 0.3) is 5.91 Å². The van der Waals surface area contributed by atoms with Gasteiger partial charge in [-0.25, -0.2) is 4.98 Å². The lowest BCUT2D eigenvalue weighted by Crippen LogP contribution is -2.40. The number of likely N-dealkylation sites (tertiary alicyclic amines) is 1. The highest BCUT2D eigenvalue weighted by molar-refractivity contribution is 6.30. The van der Waals surface area contributed by atoms with Crippen LogP contribution in [-0.2, 0) is 13.6 Å². The fourth-order valence-corrected chi connectivity index (χ4v) is 3.30. The van der Waals surface area contributed by atoms with Crippen LogP contribution in [0.15, 0.2) is 18.3 Å². The lowest BCUT2D eigenvalue weighted by molar-refractivity contribution is 0.0697. The average Bonchev–Trinajstić information content (AvgIpc) is 2.95. The minimum Gasteiger partial charge on any atom is -0.337 e. The molecular weight excluding hydrogens is 340 g/mol. The summed E-state index contributed by atoms with van der Waals surface area (Å²) in [6, 6.07) is 3.37. The third-order valence-corrected chi connectivity index (χ3v) is 4.70. The second-order valence-corrected chi connectivity index (χ2v) is 7.16. The van der Waals surface area contributed by atoms with Crippen LogP contribution in [0.3, 0.4) is 0 Å². The lowest BCUT2D eigenvalue weighted by atomic mass is 9.97. The maximum Gasteiger partial charge on any atom is 0.272 e. The molecule has 0 spiro atoms. The molecule has 0 N–H and O–H groups in total. The summed E-state index contributed by atoms with van der Waals surface area (Å²) in [4.78, 5) is 20.8. The van der Waals surface area contributed by atoms with E-state index >= 15 is 0 Å². The summed E-state index contributed by atoms with van der Waals surface area (Å²) in [5, 5.41) is 9.22. The Labute approximate surface area is 152 Å². The molecule has 2 aromatic heterocycles. The van der Waals surface area contributed by atoms with Crippen LogP contribution in [-0.4, -0.2) is 62.6 Å². The topological polar surface area (TPSA) is 67.2 Å². The number of carbonyl (C=O) groups is 1. The van der Waals surface area contributed by atoms with Gasteiger partial charge >= 0.3 is 0 Å². The molecule has 25 heavy (non-hydrogen) atoms. The Morgan fingerprint density at radius 3 is 2.84 bits per heavy atom. The monoisotopic (exact) mass is 362 g/mol. The van der Waals surface area contributed by atoms with Crippen molar-refractivity contribution in [3.8, 4) is 0 Å². The Morgan fingerprint density at radius 2 is 2.16 bits per heavy atom. The number of pyridine rings is 1. The zero-order valence-electron chi connectivity index (χ0n) is 14.8. The van der Waals surface area contributed by atoms with Crippen molar-refractivity contribution in [3.05, 3.63) is 40.7 Å². The molecule has 134 valence electrons. The van der Waals surface area contributed by atoms with Crippen molar-refractivity contribution in [1.29, 1.82) is 0 Å². The molecule has 0 aromatic carbocycles. The molecule has 2 aromatic rings. The Balaban J connectivity index is 1.74. The van der Waals surface area contributed by atoms with Crippen molar-refractivity contribution >= 4 is 17.5 Å². The van der Waals surface area contributed by atoms with Crippen LogP contribution < -0.4 is 0 Å². The number of rotatable bonds is 4. The van der Waals surface area contributed by atoms with Gasteiger partial charge in [-0.1, -0.05) is 11.6 Å². The number of amides is 1. The van der Waals surface area contributed by atoms with Gasteiger partial charge in [-0.3, -0.25) is 4.79 Å². The van der Waals surface area contributed by atoms with Gasteiger partial charge in [0.1, 0.15) is 17.3 Å². The first kappa shape index (κ1) is 17.8. The molecule has 1 atom stereocenters. The molecule has 0 aliphatic carbocycles. The zero-order valence-corrected chi connectivity index (χ0v) is 15.6. The van der Waals surface area contributed by atoms with E-state index < -0.39 is 0 Å². The summed E-state index contributed by atoms with van der Waals surface area (Å²) in [5.74, 6) is 2.01. The molecule has 0 radical (unpaired) electrons. The minimum atomic E-state index is -0.0583. The molecule has 7 nitrogen and oxygen atoms in total. The highest BCUT2D eigenvalue weighted by atomic mass is 35.5. The van der Waals surface area contributed by atoms with Gasteiger partial charge in [-0.05, 0) is 39.1 Å². The van der Waals surface area contributed by atoms with Crippen LogP contribution in [0.2, 0.25) is 5.02 Å². The largest absolute Gasteiger partial charge is 0.337 e. The van der Waals surface area contributed by atoms with Gasteiger partial charge in [0.2, 0.25) is 0 Å². The number of nitrogens with zero attached hydrogens (tertiary/aromatic N) is 6. The quantitative estimate of drug-likeness (QED) is 0.831. The number of hydrogen-bond acceptors (Lipinski definition) is 5. The number of piperidine rings is 1. The fraction of sp³-hybridized carbons (Fsp3) is 0.529. The van der Waals surface area contributed by atoms with Crippen molar-refractivity contribution in [1.82, 2.24) is 29.5 Å². The summed E-state index contributed by atoms with van der Waals surface area (Å²) in [6.45, 7) is 2.12. The van der Waals surface area contributed by atoms with Crippen molar-refractivity contribution in [3.63, 3.8) is 0 Å². The van der Waals surface area contributed by atoms with Crippen LogP contribution in [0, 0.1) is 0 Å². The fourth-order valence-electron chi connectivity index (χ4n) is 3.19. The minimum absolute atomic E-state index is 0.0583. The Bertz CT molecular complexity index is 742. The van der Waals surface area contributed by atoms with E-state index in [1.54, 1.807) is 12.1 Å². The summed E-state index contributed by atoms with van der Waals surface area (Å²) < 4.78 is 2.05. The van der Waals surface area contributed by atoms with E-state index in [9.17, 15) is 4.79 Å². The molecule has 0 bridgehead atoms. The molecule has 1 fully saturated rings. The summed E-state index contributed by atoms with van der Waals surface area (Å²) in [7, 11) is 6.01. The predicted molar refractivity (Wildman–Crippen MR) is 95.5 cm³/mol. The van der Waals surface area contributed by atoms with Gasteiger partial charge in [-0.2, -0.15) is 0 Å². The maximum atomic E-state index is 12.7. The van der Waals surface area contributed by atoms with E-state index in [1.165, 1.54) is 6.20 Å². The van der Waals surface area contributed by atoms with E-state index in [4.69, 9.17) is 11.6 Å². The summed E-state index contributed by atoms with van der Waals surface area (Å²) in [6.07, 6.45) is 3.46. The van der Waals surface area contributed by atoms with E-state index in [2.05, 4.69) is 24.6 Å². The molecule has 8 heteroatoms. The average molecular weight is 363 g/mol. The first-order valence-electron chi connectivity index (χ1n) is 8.39. The lowest BCUT2D eigenvalue weighted by Gasteiger charge is -2.32. The van der Waals surface area contributed by atoms with Gasteiger partial charge in [0, 0.05) is 32.3 Å². The Kier molecular flexibility index (Phi) is 5.34. The standard InChI is InChI=1S/C17H23ClN6O/c1-22(2)11-15-20-21-16(23(15)3)12-5-4-8-24(10-12)17(25)14-7-6-13(18)9-19-14/h6-7,9,12H,4-5,8,10-11H2,1-3H3/t12-/m0/s1. The second kappa shape index (κ2) is 7.49. The second-order valence-electron chi connectivity index (χ2n) is 6.72. The molecular formula is C17H23ClN6O. The van der Waals surface area contributed by atoms with Crippen LogP contribution in [0.25, 0.3) is 0 Å². The smallest absolute Gasteiger partial charge is 0.272 e. The van der Waals surface area contributed by atoms with Crippen LogP contribution in [0.5, 0.6) is 0 Å². The van der Waals surface area contributed by atoms with Crippen molar-refractivity contribution in [2.75, 3.05) is 27.2 Å². The van der Waals surface area contributed by atoms with Crippen LogP contribution in [0.4, 0.5) is 0 Å². The summed E-state index contributed by atoms with van der Waals surface area (Å²) >= 11 is 5.85. The van der Waals surface area contributed by atoms with Crippen LogP contribution >= 0.6 is 11.6 Å². The first-order chi connectivity index (χ1) is 12.0. The maximum absolute atomic E-state index is 12.7. The number of carbonyl (C=O) groups excluding carboxylic acids is 1. The third kappa shape index (κ3) is 3.99. The normalized spacial score (nSPS) is 18.0. The van der Waals surface area contributed by atoms with Crippen molar-refractivity contribution in [2.24, 2.45) is 7.05 Å². The number of halogens is 1.